The number of benzene rings is 2. The van der Waals surface area contributed by atoms with Crippen LogP contribution in [0.25, 0.3) is 11.1 Å². The summed E-state index contributed by atoms with van der Waals surface area (Å²) >= 11 is 0. The van der Waals surface area contributed by atoms with Gasteiger partial charge in [-0.1, -0.05) is 61.4 Å². The number of rotatable bonds is 6. The molecular formula is C28H32N2O5. The van der Waals surface area contributed by atoms with Crippen molar-refractivity contribution in [2.24, 2.45) is 17.3 Å². The lowest BCUT2D eigenvalue weighted by Crippen LogP contribution is -2.62. The third-order valence-corrected chi connectivity index (χ3v) is 7.99. The number of amides is 2. The van der Waals surface area contributed by atoms with Gasteiger partial charge < -0.3 is 20.1 Å². The first kappa shape index (κ1) is 23.4. The van der Waals surface area contributed by atoms with Gasteiger partial charge in [0.2, 0.25) is 5.91 Å². The number of nitrogens with zero attached hydrogens (tertiary/aromatic N) is 1. The molecule has 0 radical (unpaired) electrons. The van der Waals surface area contributed by atoms with Crippen LogP contribution in [0.4, 0.5) is 4.79 Å². The zero-order chi connectivity index (χ0) is 24.6. The normalized spacial score (nSPS) is 22.5. The van der Waals surface area contributed by atoms with Crippen LogP contribution in [0.5, 0.6) is 0 Å². The number of fused-ring (bicyclic) bond motifs is 3. The highest BCUT2D eigenvalue weighted by atomic mass is 16.5. The molecule has 1 heterocycles. The molecule has 0 aromatic heterocycles. The minimum absolute atomic E-state index is 0.00659. The molecule has 2 atom stereocenters. The highest BCUT2D eigenvalue weighted by Crippen LogP contribution is 2.44. The van der Waals surface area contributed by atoms with Gasteiger partial charge in [0.25, 0.3) is 0 Å². The number of carboxylic acids is 1. The lowest BCUT2D eigenvalue weighted by molar-refractivity contribution is -0.166. The van der Waals surface area contributed by atoms with Gasteiger partial charge in [-0.25, -0.2) is 4.79 Å². The number of aliphatic carboxylic acids is 1. The Hall–Kier alpha value is -3.35. The zero-order valence-electron chi connectivity index (χ0n) is 20.0. The maximum atomic E-state index is 13.1. The molecular weight excluding hydrogens is 444 g/mol. The predicted octanol–water partition coefficient (Wildman–Crippen LogP) is 4.26. The van der Waals surface area contributed by atoms with Gasteiger partial charge in [0.15, 0.2) is 0 Å². The number of likely N-dealkylation sites (tertiary alicyclic amines) is 1. The molecule has 1 aliphatic heterocycles. The Bertz CT molecular complexity index is 1090. The third-order valence-electron chi connectivity index (χ3n) is 7.99. The maximum absolute atomic E-state index is 13.1. The average molecular weight is 477 g/mol. The molecule has 2 unspecified atom stereocenters. The molecule has 35 heavy (non-hydrogen) atoms. The second-order valence-corrected chi connectivity index (χ2v) is 10.4. The summed E-state index contributed by atoms with van der Waals surface area (Å²) in [5, 5.41) is 12.2. The molecule has 7 heteroatoms. The predicted molar refractivity (Wildman–Crippen MR) is 131 cm³/mol. The molecule has 184 valence electrons. The van der Waals surface area contributed by atoms with E-state index in [4.69, 9.17) is 4.74 Å². The van der Waals surface area contributed by atoms with Crippen molar-refractivity contribution < 1.29 is 24.2 Å². The van der Waals surface area contributed by atoms with Gasteiger partial charge in [-0.2, -0.15) is 0 Å². The highest BCUT2D eigenvalue weighted by molar-refractivity contribution is 5.85. The molecule has 5 rings (SSSR count). The van der Waals surface area contributed by atoms with Crippen LogP contribution < -0.4 is 5.32 Å². The van der Waals surface area contributed by atoms with Gasteiger partial charge in [-0.05, 0) is 47.9 Å². The third kappa shape index (κ3) is 4.40. The molecule has 2 aliphatic carbocycles. The molecule has 2 amide bonds. The van der Waals surface area contributed by atoms with Crippen LogP contribution in [0.3, 0.4) is 0 Å². The lowest BCUT2D eigenvalue weighted by atomic mass is 9.75. The fraction of sp³-hybridized carbons (Fsp3) is 0.464. The Balaban J connectivity index is 1.16. The van der Waals surface area contributed by atoms with Gasteiger partial charge >= 0.3 is 12.1 Å². The van der Waals surface area contributed by atoms with E-state index in [0.717, 1.165) is 25.7 Å². The zero-order valence-corrected chi connectivity index (χ0v) is 20.0. The van der Waals surface area contributed by atoms with Crippen LogP contribution in [0.1, 0.15) is 49.7 Å². The molecule has 2 aromatic rings. The summed E-state index contributed by atoms with van der Waals surface area (Å²) in [6.07, 6.45) is 3.17. The van der Waals surface area contributed by atoms with Crippen LogP contribution >= 0.6 is 0 Å². The standard InChI is InChI=1S/C28H32N2O5/c1-28(26(32)33)16-30(17-28)25(31)19-9-3-2-8-18(19)14-29-27(34)35-15-24-22-12-6-4-10-20(22)21-11-5-7-13-23(21)24/h4-7,10-13,18-19,24H,2-3,8-9,14-17H2,1H3,(H,29,34)(H,32,33). The molecule has 0 spiro atoms. The first-order chi connectivity index (χ1) is 16.9. The van der Waals surface area contributed by atoms with Crippen molar-refractivity contribution in [1.82, 2.24) is 10.2 Å². The van der Waals surface area contributed by atoms with Gasteiger partial charge in [0.05, 0.1) is 5.41 Å². The van der Waals surface area contributed by atoms with Crippen LogP contribution in [0.15, 0.2) is 48.5 Å². The van der Waals surface area contributed by atoms with E-state index < -0.39 is 17.5 Å². The number of alkyl carbamates (subject to hydrolysis) is 1. The van der Waals surface area contributed by atoms with Crippen LogP contribution in [-0.4, -0.2) is 54.2 Å². The summed E-state index contributed by atoms with van der Waals surface area (Å²) in [5.74, 6) is -0.988. The van der Waals surface area contributed by atoms with Crippen molar-refractivity contribution in [2.75, 3.05) is 26.2 Å². The number of carboxylic acid groups (broad SMARTS) is 1. The fourth-order valence-electron chi connectivity index (χ4n) is 5.96. The quantitative estimate of drug-likeness (QED) is 0.649. The molecule has 1 saturated heterocycles. The van der Waals surface area contributed by atoms with Crippen molar-refractivity contribution in [3.8, 4) is 11.1 Å². The largest absolute Gasteiger partial charge is 0.481 e. The van der Waals surface area contributed by atoms with E-state index in [-0.39, 0.29) is 43.4 Å². The summed E-state index contributed by atoms with van der Waals surface area (Å²) in [7, 11) is 0. The van der Waals surface area contributed by atoms with Crippen LogP contribution in [-0.2, 0) is 14.3 Å². The second kappa shape index (κ2) is 9.36. The Morgan fingerprint density at radius 2 is 1.60 bits per heavy atom. The van der Waals surface area contributed by atoms with E-state index in [9.17, 15) is 19.5 Å². The molecule has 2 N–H and O–H groups in total. The van der Waals surface area contributed by atoms with Crippen molar-refractivity contribution in [3.05, 3.63) is 59.7 Å². The van der Waals surface area contributed by atoms with Gasteiger partial charge in [0.1, 0.15) is 6.61 Å². The second-order valence-electron chi connectivity index (χ2n) is 10.4. The van der Waals surface area contributed by atoms with E-state index in [1.54, 1.807) is 11.8 Å². The minimum atomic E-state index is -0.862. The van der Waals surface area contributed by atoms with Gasteiger partial charge in [-0.15, -0.1) is 0 Å². The first-order valence-electron chi connectivity index (χ1n) is 12.5. The van der Waals surface area contributed by atoms with Crippen molar-refractivity contribution in [1.29, 1.82) is 0 Å². The number of ether oxygens (including phenoxy) is 1. The molecule has 1 saturated carbocycles. The fourth-order valence-corrected chi connectivity index (χ4v) is 5.96. The SMILES string of the molecule is CC1(C(=O)O)CN(C(=O)C2CCCCC2CNC(=O)OCC2c3ccccc3-c3ccccc32)C1. The lowest BCUT2D eigenvalue weighted by Gasteiger charge is -2.47. The summed E-state index contributed by atoms with van der Waals surface area (Å²) in [4.78, 5) is 38.7. The Labute approximate surface area is 205 Å². The van der Waals surface area contributed by atoms with Crippen molar-refractivity contribution >= 4 is 18.0 Å². The number of hydrogen-bond acceptors (Lipinski definition) is 4. The minimum Gasteiger partial charge on any atom is -0.481 e. The van der Waals surface area contributed by atoms with Crippen LogP contribution in [0, 0.1) is 17.3 Å². The molecule has 2 fully saturated rings. The van der Waals surface area contributed by atoms with E-state index in [1.807, 2.05) is 24.3 Å². The maximum Gasteiger partial charge on any atom is 0.407 e. The van der Waals surface area contributed by atoms with Gasteiger partial charge in [-0.3, -0.25) is 9.59 Å². The Kier molecular flexibility index (Phi) is 6.26. The van der Waals surface area contributed by atoms with Crippen molar-refractivity contribution in [3.63, 3.8) is 0 Å². The summed E-state index contributed by atoms with van der Waals surface area (Å²) in [6.45, 7) is 2.83. The average Bonchev–Trinajstić information content (AvgIpc) is 3.17. The van der Waals surface area contributed by atoms with E-state index in [1.165, 1.54) is 22.3 Å². The monoisotopic (exact) mass is 476 g/mol. The van der Waals surface area contributed by atoms with Crippen molar-refractivity contribution in [2.45, 2.75) is 38.5 Å². The highest BCUT2D eigenvalue weighted by Gasteiger charge is 2.49. The summed E-state index contributed by atoms with van der Waals surface area (Å²) in [6, 6.07) is 16.4. The van der Waals surface area contributed by atoms with E-state index >= 15 is 0 Å². The number of carbonyl (C=O) groups excluding carboxylic acids is 2. The number of carbonyl (C=O) groups is 3. The summed E-state index contributed by atoms with van der Waals surface area (Å²) in [5.41, 5.74) is 3.86. The smallest absolute Gasteiger partial charge is 0.407 e. The van der Waals surface area contributed by atoms with E-state index in [2.05, 4.69) is 29.6 Å². The Morgan fingerprint density at radius 3 is 2.23 bits per heavy atom. The Morgan fingerprint density at radius 1 is 1.00 bits per heavy atom. The molecule has 3 aliphatic rings. The summed E-state index contributed by atoms with van der Waals surface area (Å²) < 4.78 is 5.65. The number of hydrogen-bond donors (Lipinski definition) is 2. The molecule has 2 aromatic carbocycles. The molecule has 7 nitrogen and oxygen atoms in total. The first-order valence-corrected chi connectivity index (χ1v) is 12.5. The van der Waals surface area contributed by atoms with Crippen LogP contribution in [0.2, 0.25) is 0 Å². The topological polar surface area (TPSA) is 95.9 Å². The van der Waals surface area contributed by atoms with Gasteiger partial charge in [0, 0.05) is 31.5 Å². The number of nitrogens with one attached hydrogen (secondary N) is 1. The molecule has 0 bridgehead atoms. The van der Waals surface area contributed by atoms with E-state index in [0.29, 0.717) is 6.54 Å².